The molecule has 0 fully saturated rings. The lowest BCUT2D eigenvalue weighted by Crippen LogP contribution is -1.90. The first kappa shape index (κ1) is 8.97. The van der Waals surface area contributed by atoms with Crippen LogP contribution < -0.4 is 5.73 Å². The minimum atomic E-state index is 0.773. The van der Waals surface area contributed by atoms with Crippen LogP contribution in [0.2, 0.25) is 0 Å². The third-order valence-electron chi connectivity index (χ3n) is 2.64. The molecule has 3 aromatic rings. The van der Waals surface area contributed by atoms with Crippen LogP contribution in [0.1, 0.15) is 0 Å². The molecule has 2 N–H and O–H groups in total. The van der Waals surface area contributed by atoms with Gasteiger partial charge in [0, 0.05) is 41.5 Å². The largest absolute Gasteiger partial charge is 0.397 e. The molecular weight excluding hydrogens is 198 g/mol. The van der Waals surface area contributed by atoms with Crippen LogP contribution in [0, 0.1) is 0 Å². The number of nitrogen functional groups attached to an aromatic ring is 1. The number of fused-ring (bicyclic) bond motifs is 1. The van der Waals surface area contributed by atoms with Crippen LogP contribution in [0.25, 0.3) is 16.5 Å². The Kier molecular flexibility index (Phi) is 1.90. The Hall–Kier alpha value is -2.29. The molecule has 0 aliphatic carbocycles. The molecule has 3 nitrogen and oxygen atoms in total. The zero-order chi connectivity index (χ0) is 11.0. The second kappa shape index (κ2) is 3.38. The van der Waals surface area contributed by atoms with E-state index in [9.17, 15) is 0 Å². The maximum atomic E-state index is 5.70. The molecule has 2 aromatic heterocycles. The zero-order valence-corrected chi connectivity index (χ0v) is 8.67. The van der Waals surface area contributed by atoms with E-state index < -0.39 is 0 Å². The number of hydrogen-bond donors (Lipinski definition) is 1. The van der Waals surface area contributed by atoms with Gasteiger partial charge >= 0.3 is 0 Å². The fourth-order valence-corrected chi connectivity index (χ4v) is 1.80. The molecule has 0 saturated carbocycles. The van der Waals surface area contributed by atoms with E-state index in [-0.39, 0.29) is 0 Å². The average molecular weight is 209 g/mol. The quantitative estimate of drug-likeness (QED) is 0.669. The lowest BCUT2D eigenvalue weighted by Gasteiger charge is -2.04. The van der Waals surface area contributed by atoms with Crippen LogP contribution in [0.3, 0.4) is 0 Å². The zero-order valence-electron chi connectivity index (χ0n) is 8.67. The van der Waals surface area contributed by atoms with Gasteiger partial charge < -0.3 is 10.3 Å². The van der Waals surface area contributed by atoms with E-state index in [4.69, 9.17) is 5.73 Å². The highest BCUT2D eigenvalue weighted by atomic mass is 15.0. The standard InChI is InChI=1S/C13H11N3/c14-12-4-6-16(9-12)13-2-1-11-8-15-5-3-10(11)7-13/h1-9H,14H2. The number of pyridine rings is 1. The van der Waals surface area contributed by atoms with Gasteiger partial charge in [-0.05, 0) is 29.7 Å². The number of anilines is 1. The van der Waals surface area contributed by atoms with Gasteiger partial charge in [0.15, 0.2) is 0 Å². The highest BCUT2D eigenvalue weighted by Crippen LogP contribution is 2.18. The second-order valence-corrected chi connectivity index (χ2v) is 3.76. The number of rotatable bonds is 1. The monoisotopic (exact) mass is 209 g/mol. The van der Waals surface area contributed by atoms with Crippen molar-refractivity contribution in [2.75, 3.05) is 5.73 Å². The summed E-state index contributed by atoms with van der Waals surface area (Å²) in [6.07, 6.45) is 7.53. The fraction of sp³-hybridized carbons (Fsp3) is 0. The molecule has 3 heteroatoms. The van der Waals surface area contributed by atoms with E-state index in [0.717, 1.165) is 16.8 Å². The molecule has 3 rings (SSSR count). The summed E-state index contributed by atoms with van der Waals surface area (Å²) in [6, 6.07) is 10.1. The first-order valence-corrected chi connectivity index (χ1v) is 5.10. The van der Waals surface area contributed by atoms with Crippen molar-refractivity contribution in [3.63, 3.8) is 0 Å². The Labute approximate surface area is 93.1 Å². The number of nitrogens with two attached hydrogens (primary N) is 1. The van der Waals surface area contributed by atoms with E-state index in [1.54, 1.807) is 6.20 Å². The predicted molar refractivity (Wildman–Crippen MR) is 65.5 cm³/mol. The van der Waals surface area contributed by atoms with E-state index in [1.165, 1.54) is 5.39 Å². The van der Waals surface area contributed by atoms with Gasteiger partial charge in [0.05, 0.1) is 0 Å². The molecule has 0 atom stereocenters. The lowest BCUT2D eigenvalue weighted by molar-refractivity contribution is 1.08. The maximum absolute atomic E-state index is 5.70. The molecule has 2 heterocycles. The molecule has 0 saturated heterocycles. The van der Waals surface area contributed by atoms with Crippen molar-refractivity contribution in [3.8, 4) is 5.69 Å². The Balaban J connectivity index is 2.18. The topological polar surface area (TPSA) is 43.8 Å². The van der Waals surface area contributed by atoms with Crippen LogP contribution in [-0.4, -0.2) is 9.55 Å². The smallest absolute Gasteiger partial charge is 0.0497 e. The molecule has 1 aromatic carbocycles. The summed E-state index contributed by atoms with van der Waals surface area (Å²) in [5.74, 6) is 0. The normalized spacial score (nSPS) is 10.8. The molecule has 0 amide bonds. The fourth-order valence-electron chi connectivity index (χ4n) is 1.80. The molecular formula is C13H11N3. The predicted octanol–water partition coefficient (Wildman–Crippen LogP) is 2.61. The third kappa shape index (κ3) is 1.42. The minimum Gasteiger partial charge on any atom is -0.397 e. The lowest BCUT2D eigenvalue weighted by atomic mass is 10.1. The Bertz CT molecular complexity index is 640. The van der Waals surface area contributed by atoms with Crippen molar-refractivity contribution in [2.24, 2.45) is 0 Å². The van der Waals surface area contributed by atoms with Crippen molar-refractivity contribution in [3.05, 3.63) is 55.1 Å². The van der Waals surface area contributed by atoms with Gasteiger partial charge in [-0.15, -0.1) is 0 Å². The number of hydrogen-bond acceptors (Lipinski definition) is 2. The number of benzene rings is 1. The van der Waals surface area contributed by atoms with E-state index >= 15 is 0 Å². The Morgan fingerprint density at radius 3 is 2.81 bits per heavy atom. The summed E-state index contributed by atoms with van der Waals surface area (Å²) in [5, 5.41) is 2.33. The summed E-state index contributed by atoms with van der Waals surface area (Å²) in [6.45, 7) is 0. The van der Waals surface area contributed by atoms with E-state index in [2.05, 4.69) is 23.2 Å². The summed E-state index contributed by atoms with van der Waals surface area (Å²) >= 11 is 0. The molecule has 0 unspecified atom stereocenters. The van der Waals surface area contributed by atoms with Crippen LogP contribution in [0.15, 0.2) is 55.1 Å². The van der Waals surface area contributed by atoms with Crippen LogP contribution in [0.5, 0.6) is 0 Å². The molecule has 0 spiro atoms. The minimum absolute atomic E-state index is 0.773. The highest BCUT2D eigenvalue weighted by molar-refractivity contribution is 5.83. The van der Waals surface area contributed by atoms with E-state index in [1.807, 2.05) is 35.3 Å². The molecule has 78 valence electrons. The van der Waals surface area contributed by atoms with Gasteiger partial charge in [0.25, 0.3) is 0 Å². The molecule has 0 aliphatic rings. The van der Waals surface area contributed by atoms with Crippen molar-refractivity contribution in [1.82, 2.24) is 9.55 Å². The van der Waals surface area contributed by atoms with Gasteiger partial charge in [-0.1, -0.05) is 6.07 Å². The Morgan fingerprint density at radius 1 is 1.06 bits per heavy atom. The first-order chi connectivity index (χ1) is 7.83. The van der Waals surface area contributed by atoms with Gasteiger partial charge in [-0.2, -0.15) is 0 Å². The first-order valence-electron chi connectivity index (χ1n) is 5.10. The Morgan fingerprint density at radius 2 is 2.00 bits per heavy atom. The average Bonchev–Trinajstić information content (AvgIpc) is 2.75. The summed E-state index contributed by atoms with van der Waals surface area (Å²) < 4.78 is 2.01. The van der Waals surface area contributed by atoms with Crippen LogP contribution in [-0.2, 0) is 0 Å². The number of nitrogens with zero attached hydrogens (tertiary/aromatic N) is 2. The van der Waals surface area contributed by atoms with Gasteiger partial charge in [-0.3, -0.25) is 4.98 Å². The van der Waals surface area contributed by atoms with Crippen molar-refractivity contribution in [1.29, 1.82) is 0 Å². The maximum Gasteiger partial charge on any atom is 0.0497 e. The number of aromatic nitrogens is 2. The van der Waals surface area contributed by atoms with E-state index in [0.29, 0.717) is 0 Å². The van der Waals surface area contributed by atoms with Gasteiger partial charge in [0.1, 0.15) is 0 Å². The molecule has 0 radical (unpaired) electrons. The van der Waals surface area contributed by atoms with Crippen molar-refractivity contribution in [2.45, 2.75) is 0 Å². The SMILES string of the molecule is Nc1ccn(-c2ccc3cnccc3c2)c1. The van der Waals surface area contributed by atoms with Crippen LogP contribution in [0.4, 0.5) is 5.69 Å². The summed E-state index contributed by atoms with van der Waals surface area (Å²) in [5.41, 5.74) is 7.58. The summed E-state index contributed by atoms with van der Waals surface area (Å²) in [4.78, 5) is 4.09. The van der Waals surface area contributed by atoms with Gasteiger partial charge in [-0.25, -0.2) is 0 Å². The highest BCUT2D eigenvalue weighted by Gasteiger charge is 1.98. The third-order valence-corrected chi connectivity index (χ3v) is 2.64. The molecule has 0 bridgehead atoms. The molecule has 0 aliphatic heterocycles. The molecule has 16 heavy (non-hydrogen) atoms. The van der Waals surface area contributed by atoms with Crippen molar-refractivity contribution >= 4 is 16.5 Å². The van der Waals surface area contributed by atoms with Gasteiger partial charge in [0.2, 0.25) is 0 Å². The van der Waals surface area contributed by atoms with Crippen LogP contribution >= 0.6 is 0 Å². The summed E-state index contributed by atoms with van der Waals surface area (Å²) in [7, 11) is 0. The second-order valence-electron chi connectivity index (χ2n) is 3.76. The van der Waals surface area contributed by atoms with Crippen molar-refractivity contribution < 1.29 is 0 Å².